The van der Waals surface area contributed by atoms with Gasteiger partial charge in [0.05, 0.1) is 6.16 Å². The number of hydrogen-bond acceptors (Lipinski definition) is 1. The average Bonchev–Trinajstić information content (AvgIpc) is 2.04. The van der Waals surface area contributed by atoms with Gasteiger partial charge in [0.25, 0.3) is 0 Å². The highest BCUT2D eigenvalue weighted by Gasteiger charge is 2.12. The summed E-state index contributed by atoms with van der Waals surface area (Å²) < 4.78 is 11.2. The Kier molecular flexibility index (Phi) is 6.32. The van der Waals surface area contributed by atoms with Gasteiger partial charge in [-0.15, -0.1) is 6.58 Å². The van der Waals surface area contributed by atoms with Crippen molar-refractivity contribution >= 4 is 7.37 Å². The van der Waals surface area contributed by atoms with Crippen molar-refractivity contribution in [3.05, 3.63) is 24.8 Å². The minimum atomic E-state index is -3.07. The standard InChI is InChI=1S/C10H15O2P/c1-3-5-6-7-8-10-13(11,12)9-4-2/h4-6H,2-3,9-10H2,1H3,(H,11,12). The molecule has 0 aromatic carbocycles. The largest absolute Gasteiger partial charge is 0.343 e. The number of rotatable bonds is 4. The Bertz CT molecular complexity index is 281. The lowest BCUT2D eigenvalue weighted by Crippen LogP contribution is -1.88. The van der Waals surface area contributed by atoms with Gasteiger partial charge in [0, 0.05) is 6.16 Å². The van der Waals surface area contributed by atoms with Crippen LogP contribution in [0.15, 0.2) is 24.8 Å². The monoisotopic (exact) mass is 198 g/mol. The zero-order chi connectivity index (χ0) is 10.2. The van der Waals surface area contributed by atoms with E-state index in [1.807, 2.05) is 13.0 Å². The summed E-state index contributed by atoms with van der Waals surface area (Å²) in [4.78, 5) is 9.23. The molecule has 2 nitrogen and oxygen atoms in total. The third-order valence-electron chi connectivity index (χ3n) is 1.28. The molecule has 0 spiro atoms. The van der Waals surface area contributed by atoms with Gasteiger partial charge in [0.2, 0.25) is 7.37 Å². The molecular formula is C10H15O2P. The molecule has 1 N–H and O–H groups in total. The highest BCUT2D eigenvalue weighted by atomic mass is 31.2. The maximum absolute atomic E-state index is 11.2. The van der Waals surface area contributed by atoms with E-state index in [0.29, 0.717) is 0 Å². The molecule has 0 aliphatic rings. The highest BCUT2D eigenvalue weighted by molar-refractivity contribution is 7.58. The molecular weight excluding hydrogens is 183 g/mol. The number of allylic oxidation sites excluding steroid dienone is 3. The Hall–Kier alpha value is -0.770. The van der Waals surface area contributed by atoms with E-state index >= 15 is 0 Å². The molecule has 0 aliphatic carbocycles. The summed E-state index contributed by atoms with van der Waals surface area (Å²) >= 11 is 0. The fourth-order valence-corrected chi connectivity index (χ4v) is 1.54. The second-order valence-corrected chi connectivity index (χ2v) is 4.98. The summed E-state index contributed by atoms with van der Waals surface area (Å²) in [6, 6.07) is 0. The zero-order valence-corrected chi connectivity index (χ0v) is 8.76. The van der Waals surface area contributed by atoms with E-state index in [-0.39, 0.29) is 12.3 Å². The second-order valence-electron chi connectivity index (χ2n) is 2.61. The van der Waals surface area contributed by atoms with Crippen molar-refractivity contribution in [3.63, 3.8) is 0 Å². The Morgan fingerprint density at radius 1 is 1.62 bits per heavy atom. The Morgan fingerprint density at radius 2 is 2.31 bits per heavy atom. The highest BCUT2D eigenvalue weighted by Crippen LogP contribution is 2.39. The van der Waals surface area contributed by atoms with E-state index in [2.05, 4.69) is 18.4 Å². The lowest BCUT2D eigenvalue weighted by Gasteiger charge is -2.02. The minimum absolute atomic E-state index is 0.0487. The molecule has 0 rings (SSSR count). The fraction of sp³-hybridized carbons (Fsp3) is 0.400. The van der Waals surface area contributed by atoms with Gasteiger partial charge >= 0.3 is 0 Å². The van der Waals surface area contributed by atoms with Gasteiger partial charge in [-0.2, -0.15) is 0 Å². The molecule has 0 radical (unpaired) electrons. The first kappa shape index (κ1) is 12.2. The maximum atomic E-state index is 11.2. The van der Waals surface area contributed by atoms with Crippen molar-refractivity contribution in [3.8, 4) is 11.8 Å². The van der Waals surface area contributed by atoms with Gasteiger partial charge < -0.3 is 4.89 Å². The van der Waals surface area contributed by atoms with Crippen LogP contribution in [0.3, 0.4) is 0 Å². The summed E-state index contributed by atoms with van der Waals surface area (Å²) in [5.74, 6) is 5.35. The first-order valence-electron chi connectivity index (χ1n) is 4.17. The van der Waals surface area contributed by atoms with Gasteiger partial charge in [0.1, 0.15) is 0 Å². The third kappa shape index (κ3) is 7.59. The molecule has 13 heavy (non-hydrogen) atoms. The smallest absolute Gasteiger partial charge is 0.215 e. The normalized spacial score (nSPS) is 14.6. The van der Waals surface area contributed by atoms with E-state index in [0.717, 1.165) is 6.42 Å². The molecule has 0 saturated carbocycles. The summed E-state index contributed by atoms with van der Waals surface area (Å²) in [7, 11) is -3.07. The van der Waals surface area contributed by atoms with E-state index in [4.69, 9.17) is 0 Å². The van der Waals surface area contributed by atoms with Gasteiger partial charge in [0.15, 0.2) is 0 Å². The van der Waals surface area contributed by atoms with Gasteiger partial charge in [-0.25, -0.2) is 0 Å². The quantitative estimate of drug-likeness (QED) is 0.428. The zero-order valence-electron chi connectivity index (χ0n) is 7.86. The van der Waals surface area contributed by atoms with Crippen LogP contribution in [0.5, 0.6) is 0 Å². The lowest BCUT2D eigenvalue weighted by molar-refractivity contribution is 0.485. The molecule has 3 heteroatoms. The molecule has 0 fully saturated rings. The Morgan fingerprint density at radius 3 is 2.85 bits per heavy atom. The average molecular weight is 198 g/mol. The van der Waals surface area contributed by atoms with Crippen molar-refractivity contribution in [1.82, 2.24) is 0 Å². The maximum Gasteiger partial charge on any atom is 0.215 e. The van der Waals surface area contributed by atoms with E-state index in [1.165, 1.54) is 6.08 Å². The molecule has 0 amide bonds. The van der Waals surface area contributed by atoms with Crippen LogP contribution in [-0.2, 0) is 4.57 Å². The molecule has 0 aliphatic heterocycles. The Labute approximate surface area is 79.8 Å². The van der Waals surface area contributed by atoms with Crippen LogP contribution in [0.1, 0.15) is 13.3 Å². The predicted molar refractivity (Wildman–Crippen MR) is 57.0 cm³/mol. The summed E-state index contributed by atoms with van der Waals surface area (Å²) in [6.45, 7) is 5.42. The van der Waals surface area contributed by atoms with Crippen LogP contribution < -0.4 is 0 Å². The van der Waals surface area contributed by atoms with Crippen LogP contribution in [0, 0.1) is 11.8 Å². The molecule has 0 saturated heterocycles. The minimum Gasteiger partial charge on any atom is -0.343 e. The van der Waals surface area contributed by atoms with Gasteiger partial charge in [-0.05, 0) is 12.5 Å². The topological polar surface area (TPSA) is 37.3 Å². The van der Waals surface area contributed by atoms with Crippen molar-refractivity contribution in [2.24, 2.45) is 0 Å². The van der Waals surface area contributed by atoms with Gasteiger partial charge in [-0.1, -0.05) is 30.9 Å². The molecule has 0 heterocycles. The second kappa shape index (κ2) is 6.71. The molecule has 0 aromatic heterocycles. The SMILES string of the molecule is C=CCP(=O)(O)CC#CC=CCC. The van der Waals surface area contributed by atoms with Crippen LogP contribution in [0.25, 0.3) is 0 Å². The number of hydrogen-bond donors (Lipinski definition) is 1. The summed E-state index contributed by atoms with van der Waals surface area (Å²) in [5, 5.41) is 0. The first-order chi connectivity index (χ1) is 6.12. The van der Waals surface area contributed by atoms with Crippen LogP contribution in [-0.4, -0.2) is 17.2 Å². The van der Waals surface area contributed by atoms with Crippen molar-refractivity contribution < 1.29 is 9.46 Å². The van der Waals surface area contributed by atoms with E-state index in [1.54, 1.807) is 6.08 Å². The molecule has 72 valence electrons. The van der Waals surface area contributed by atoms with Crippen LogP contribution >= 0.6 is 7.37 Å². The van der Waals surface area contributed by atoms with Crippen molar-refractivity contribution in [2.45, 2.75) is 13.3 Å². The lowest BCUT2D eigenvalue weighted by atomic mass is 10.4. The predicted octanol–water partition coefficient (Wildman–Crippen LogP) is 2.41. The summed E-state index contributed by atoms with van der Waals surface area (Å²) in [6.07, 6.45) is 6.17. The molecule has 1 unspecified atom stereocenters. The Balaban J connectivity index is 3.97. The van der Waals surface area contributed by atoms with E-state index in [9.17, 15) is 9.46 Å². The third-order valence-corrected chi connectivity index (χ3v) is 2.76. The summed E-state index contributed by atoms with van der Waals surface area (Å²) in [5.41, 5.74) is 0. The van der Waals surface area contributed by atoms with Gasteiger partial charge in [-0.3, -0.25) is 4.57 Å². The molecule has 0 aromatic rings. The fourth-order valence-electron chi connectivity index (χ4n) is 0.671. The first-order valence-corrected chi connectivity index (χ1v) is 6.20. The van der Waals surface area contributed by atoms with Crippen LogP contribution in [0.4, 0.5) is 0 Å². The van der Waals surface area contributed by atoms with E-state index < -0.39 is 7.37 Å². The van der Waals surface area contributed by atoms with Crippen LogP contribution in [0.2, 0.25) is 0 Å². The van der Waals surface area contributed by atoms with Crippen molar-refractivity contribution in [2.75, 3.05) is 12.3 Å². The molecule has 1 atom stereocenters. The van der Waals surface area contributed by atoms with Crippen molar-refractivity contribution in [1.29, 1.82) is 0 Å². The molecule has 0 bridgehead atoms.